The van der Waals surface area contributed by atoms with Gasteiger partial charge in [-0.3, -0.25) is 9.88 Å². The highest BCUT2D eigenvalue weighted by atomic mass is 79.9. The summed E-state index contributed by atoms with van der Waals surface area (Å²) < 4.78 is 1.08. The maximum atomic E-state index is 4.76. The van der Waals surface area contributed by atoms with Crippen molar-refractivity contribution in [3.63, 3.8) is 0 Å². The molecule has 0 spiro atoms. The third-order valence-electron chi connectivity index (χ3n) is 5.26. The molecule has 0 saturated carbocycles. The fraction of sp³-hybridized carbons (Fsp3) is 0.174. The van der Waals surface area contributed by atoms with E-state index in [1.165, 1.54) is 28.6 Å². The smallest absolute Gasteiger partial charge is 0.162 e. The van der Waals surface area contributed by atoms with Gasteiger partial charge >= 0.3 is 0 Å². The van der Waals surface area contributed by atoms with Gasteiger partial charge in [-0.05, 0) is 34.9 Å². The van der Waals surface area contributed by atoms with Gasteiger partial charge in [-0.15, -0.1) is 0 Å². The number of hydrogen-bond acceptors (Lipinski definition) is 6. The summed E-state index contributed by atoms with van der Waals surface area (Å²) in [6.07, 6.45) is 11.7. The Bertz CT molecular complexity index is 1180. The van der Waals surface area contributed by atoms with Crippen molar-refractivity contribution >= 4 is 15.9 Å². The van der Waals surface area contributed by atoms with E-state index in [2.05, 4.69) is 65.0 Å². The number of aromatic nitrogens is 5. The number of hydrogen-bond donors (Lipinski definition) is 0. The molecule has 0 saturated heterocycles. The summed E-state index contributed by atoms with van der Waals surface area (Å²) >= 11 is 3.58. The van der Waals surface area contributed by atoms with Gasteiger partial charge in [0.15, 0.2) is 5.82 Å². The van der Waals surface area contributed by atoms with Crippen LogP contribution in [-0.2, 0) is 19.5 Å². The van der Waals surface area contributed by atoms with E-state index in [1.807, 2.05) is 24.7 Å². The molecule has 30 heavy (non-hydrogen) atoms. The van der Waals surface area contributed by atoms with Crippen LogP contribution in [0.25, 0.3) is 22.5 Å². The highest BCUT2D eigenvalue weighted by Gasteiger charge is 2.20. The fourth-order valence-electron chi connectivity index (χ4n) is 3.79. The number of halogens is 1. The zero-order valence-corrected chi connectivity index (χ0v) is 17.8. The normalized spacial score (nSPS) is 13.8. The summed E-state index contributed by atoms with van der Waals surface area (Å²) in [5.41, 5.74) is 6.76. The van der Waals surface area contributed by atoms with Crippen LogP contribution in [0.3, 0.4) is 0 Å². The van der Waals surface area contributed by atoms with E-state index in [1.54, 1.807) is 12.4 Å². The minimum absolute atomic E-state index is 0.687. The SMILES string of the molecule is Brc1cccc(-c2ccncc2CN2CCc3nc(-c4cncnc4)ncc3C2)c1. The minimum atomic E-state index is 0.687. The minimum Gasteiger partial charge on any atom is -0.294 e. The van der Waals surface area contributed by atoms with Crippen molar-refractivity contribution in [3.8, 4) is 22.5 Å². The lowest BCUT2D eigenvalue weighted by molar-refractivity contribution is 0.243. The van der Waals surface area contributed by atoms with Crippen molar-refractivity contribution in [1.29, 1.82) is 0 Å². The summed E-state index contributed by atoms with van der Waals surface area (Å²) in [6, 6.07) is 10.5. The molecular formula is C23H19BrN6. The Labute approximate surface area is 183 Å². The van der Waals surface area contributed by atoms with E-state index in [-0.39, 0.29) is 0 Å². The molecule has 0 fully saturated rings. The molecule has 1 aromatic carbocycles. The first-order chi connectivity index (χ1) is 14.8. The third-order valence-corrected chi connectivity index (χ3v) is 5.76. The lowest BCUT2D eigenvalue weighted by Gasteiger charge is -2.28. The topological polar surface area (TPSA) is 67.7 Å². The molecule has 0 unspecified atom stereocenters. The van der Waals surface area contributed by atoms with Crippen LogP contribution in [-0.4, -0.2) is 36.4 Å². The average molecular weight is 459 g/mol. The van der Waals surface area contributed by atoms with Crippen molar-refractivity contribution < 1.29 is 0 Å². The van der Waals surface area contributed by atoms with E-state index in [0.717, 1.165) is 41.8 Å². The Kier molecular flexibility index (Phi) is 5.29. The predicted octanol–water partition coefficient (Wildman–Crippen LogP) is 4.32. The number of fused-ring (bicyclic) bond motifs is 1. The molecule has 0 amide bonds. The van der Waals surface area contributed by atoms with Gasteiger partial charge in [0, 0.05) is 67.1 Å². The van der Waals surface area contributed by atoms with Crippen molar-refractivity contribution in [1.82, 2.24) is 29.8 Å². The van der Waals surface area contributed by atoms with Gasteiger partial charge in [-0.1, -0.05) is 28.1 Å². The molecule has 1 aliphatic heterocycles. The first kappa shape index (κ1) is 19.0. The van der Waals surface area contributed by atoms with Crippen molar-refractivity contribution in [3.05, 3.63) is 88.9 Å². The Morgan fingerprint density at radius 1 is 0.967 bits per heavy atom. The van der Waals surface area contributed by atoms with Gasteiger partial charge < -0.3 is 0 Å². The highest BCUT2D eigenvalue weighted by Crippen LogP contribution is 2.28. The first-order valence-electron chi connectivity index (χ1n) is 9.77. The molecule has 0 N–H and O–H groups in total. The van der Waals surface area contributed by atoms with Crippen LogP contribution >= 0.6 is 15.9 Å². The van der Waals surface area contributed by atoms with E-state index in [4.69, 9.17) is 4.98 Å². The second-order valence-electron chi connectivity index (χ2n) is 7.30. The predicted molar refractivity (Wildman–Crippen MR) is 118 cm³/mol. The van der Waals surface area contributed by atoms with Crippen LogP contribution in [0.15, 0.2) is 72.1 Å². The molecule has 148 valence electrons. The summed E-state index contributed by atoms with van der Waals surface area (Å²) in [5, 5.41) is 0. The van der Waals surface area contributed by atoms with Gasteiger partial charge in [0.2, 0.25) is 0 Å². The molecule has 0 bridgehead atoms. The fourth-order valence-corrected chi connectivity index (χ4v) is 4.19. The van der Waals surface area contributed by atoms with E-state index >= 15 is 0 Å². The second kappa shape index (κ2) is 8.38. The van der Waals surface area contributed by atoms with Crippen molar-refractivity contribution in [2.75, 3.05) is 6.54 Å². The highest BCUT2D eigenvalue weighted by molar-refractivity contribution is 9.10. The monoisotopic (exact) mass is 458 g/mol. The van der Waals surface area contributed by atoms with Gasteiger partial charge in [0.25, 0.3) is 0 Å². The number of rotatable bonds is 4. The lowest BCUT2D eigenvalue weighted by Crippen LogP contribution is -2.31. The van der Waals surface area contributed by atoms with Gasteiger partial charge in [-0.25, -0.2) is 19.9 Å². The largest absolute Gasteiger partial charge is 0.294 e. The molecule has 0 radical (unpaired) electrons. The zero-order chi connectivity index (χ0) is 20.3. The van der Waals surface area contributed by atoms with E-state index in [0.29, 0.717) is 5.82 Å². The second-order valence-corrected chi connectivity index (χ2v) is 8.21. The molecule has 0 atom stereocenters. The van der Waals surface area contributed by atoms with E-state index < -0.39 is 0 Å². The number of nitrogens with zero attached hydrogens (tertiary/aromatic N) is 6. The first-order valence-corrected chi connectivity index (χ1v) is 10.6. The Morgan fingerprint density at radius 3 is 2.73 bits per heavy atom. The third kappa shape index (κ3) is 3.99. The summed E-state index contributed by atoms with van der Waals surface area (Å²) in [7, 11) is 0. The molecule has 4 heterocycles. The van der Waals surface area contributed by atoms with Crippen molar-refractivity contribution in [2.24, 2.45) is 0 Å². The number of pyridine rings is 1. The van der Waals surface area contributed by atoms with Gasteiger partial charge in [-0.2, -0.15) is 0 Å². The summed E-state index contributed by atoms with van der Waals surface area (Å²) in [5.74, 6) is 0.687. The van der Waals surface area contributed by atoms with Crippen LogP contribution < -0.4 is 0 Å². The Balaban J connectivity index is 1.37. The maximum Gasteiger partial charge on any atom is 0.162 e. The van der Waals surface area contributed by atoms with Crippen LogP contribution in [0.5, 0.6) is 0 Å². The molecule has 4 aromatic rings. The standard InChI is InChI=1S/C23H19BrN6/c24-20-3-1-2-16(8-20)21-4-6-25-11-18(21)13-30-7-5-22-19(14-30)12-28-23(29-22)17-9-26-15-27-10-17/h1-4,6,8-12,15H,5,7,13-14H2. The molecule has 0 aliphatic carbocycles. The van der Waals surface area contributed by atoms with Crippen LogP contribution in [0, 0.1) is 0 Å². The lowest BCUT2D eigenvalue weighted by atomic mass is 10.0. The summed E-state index contributed by atoms with van der Waals surface area (Å²) in [6.45, 7) is 2.61. The molecule has 6 nitrogen and oxygen atoms in total. The van der Waals surface area contributed by atoms with Crippen LogP contribution in [0.4, 0.5) is 0 Å². The Morgan fingerprint density at radius 2 is 1.87 bits per heavy atom. The number of benzene rings is 1. The van der Waals surface area contributed by atoms with Gasteiger partial charge in [0.05, 0.1) is 11.3 Å². The van der Waals surface area contributed by atoms with Gasteiger partial charge in [0.1, 0.15) is 6.33 Å². The van der Waals surface area contributed by atoms with E-state index in [9.17, 15) is 0 Å². The zero-order valence-electron chi connectivity index (χ0n) is 16.2. The Hall–Kier alpha value is -3.03. The molecule has 7 heteroatoms. The molecule has 5 rings (SSSR count). The van der Waals surface area contributed by atoms with Crippen LogP contribution in [0.2, 0.25) is 0 Å². The molecule has 1 aliphatic rings. The van der Waals surface area contributed by atoms with Crippen molar-refractivity contribution in [2.45, 2.75) is 19.5 Å². The average Bonchev–Trinajstić information content (AvgIpc) is 2.80. The van der Waals surface area contributed by atoms with Crippen LogP contribution in [0.1, 0.15) is 16.8 Å². The maximum absolute atomic E-state index is 4.76. The molecular weight excluding hydrogens is 440 g/mol. The quantitative estimate of drug-likeness (QED) is 0.453. The molecule has 3 aromatic heterocycles. The summed E-state index contributed by atoms with van der Waals surface area (Å²) in [4.78, 5) is 24.2.